The van der Waals surface area contributed by atoms with Gasteiger partial charge in [-0.15, -0.1) is 0 Å². The SMILES string of the molecule is Cc1ccc(OCC(=O)Nc2ccc(Cl)cn2)c(C)c1. The first-order valence-electron chi connectivity index (χ1n) is 6.16. The van der Waals surface area contributed by atoms with Gasteiger partial charge in [-0.25, -0.2) is 4.98 Å². The number of nitrogens with zero attached hydrogens (tertiary/aromatic N) is 1. The number of hydrogen-bond donors (Lipinski definition) is 1. The quantitative estimate of drug-likeness (QED) is 0.939. The van der Waals surface area contributed by atoms with Crippen molar-refractivity contribution < 1.29 is 9.53 Å². The molecule has 2 rings (SSSR count). The zero-order valence-corrected chi connectivity index (χ0v) is 12.1. The van der Waals surface area contributed by atoms with Gasteiger partial charge in [-0.2, -0.15) is 0 Å². The minimum absolute atomic E-state index is 0.0613. The first-order chi connectivity index (χ1) is 9.54. The van der Waals surface area contributed by atoms with Crippen molar-refractivity contribution in [2.45, 2.75) is 13.8 Å². The van der Waals surface area contributed by atoms with Crippen LogP contribution in [0.25, 0.3) is 0 Å². The Morgan fingerprint density at radius 2 is 2.10 bits per heavy atom. The van der Waals surface area contributed by atoms with E-state index in [0.717, 1.165) is 11.1 Å². The van der Waals surface area contributed by atoms with Crippen LogP contribution in [0.1, 0.15) is 11.1 Å². The van der Waals surface area contributed by atoms with Crippen molar-refractivity contribution in [3.05, 3.63) is 52.7 Å². The molecule has 5 heteroatoms. The number of anilines is 1. The van der Waals surface area contributed by atoms with E-state index in [1.165, 1.54) is 6.20 Å². The topological polar surface area (TPSA) is 51.2 Å². The van der Waals surface area contributed by atoms with Gasteiger partial charge in [0, 0.05) is 6.20 Å². The molecule has 0 aliphatic carbocycles. The molecular weight excluding hydrogens is 276 g/mol. The molecule has 1 aromatic heterocycles. The van der Waals surface area contributed by atoms with E-state index in [-0.39, 0.29) is 12.5 Å². The van der Waals surface area contributed by atoms with Gasteiger partial charge in [0.1, 0.15) is 11.6 Å². The second-order valence-electron chi connectivity index (χ2n) is 4.47. The summed E-state index contributed by atoms with van der Waals surface area (Å²) in [5.74, 6) is 0.887. The van der Waals surface area contributed by atoms with Gasteiger partial charge < -0.3 is 10.1 Å². The van der Waals surface area contributed by atoms with E-state index in [1.54, 1.807) is 12.1 Å². The lowest BCUT2D eigenvalue weighted by atomic mass is 10.1. The maximum atomic E-state index is 11.7. The number of aromatic nitrogens is 1. The van der Waals surface area contributed by atoms with Gasteiger partial charge >= 0.3 is 0 Å². The third-order valence-electron chi connectivity index (χ3n) is 2.68. The van der Waals surface area contributed by atoms with Crippen LogP contribution in [0.5, 0.6) is 5.75 Å². The monoisotopic (exact) mass is 290 g/mol. The predicted molar refractivity (Wildman–Crippen MR) is 79.3 cm³/mol. The molecule has 0 unspecified atom stereocenters. The number of carbonyl (C=O) groups is 1. The van der Waals surface area contributed by atoms with Crippen LogP contribution < -0.4 is 10.1 Å². The number of amides is 1. The zero-order chi connectivity index (χ0) is 14.5. The minimum atomic E-state index is -0.264. The Balaban J connectivity index is 1.90. The van der Waals surface area contributed by atoms with Crippen LogP contribution in [0.15, 0.2) is 36.5 Å². The molecule has 1 heterocycles. The van der Waals surface area contributed by atoms with Crippen LogP contribution in [0.4, 0.5) is 5.82 Å². The molecule has 0 spiro atoms. The van der Waals surface area contributed by atoms with E-state index in [9.17, 15) is 4.79 Å². The molecule has 1 amide bonds. The Kier molecular flexibility index (Phi) is 4.58. The van der Waals surface area contributed by atoms with Crippen LogP contribution in [0.2, 0.25) is 5.02 Å². The highest BCUT2D eigenvalue weighted by Gasteiger charge is 2.06. The van der Waals surface area contributed by atoms with E-state index < -0.39 is 0 Å². The summed E-state index contributed by atoms with van der Waals surface area (Å²) in [4.78, 5) is 15.7. The smallest absolute Gasteiger partial charge is 0.263 e. The lowest BCUT2D eigenvalue weighted by molar-refractivity contribution is -0.118. The van der Waals surface area contributed by atoms with Gasteiger partial charge in [0.05, 0.1) is 5.02 Å². The van der Waals surface area contributed by atoms with Crippen LogP contribution in [-0.4, -0.2) is 17.5 Å². The number of pyridine rings is 1. The van der Waals surface area contributed by atoms with Crippen LogP contribution in [0, 0.1) is 13.8 Å². The summed E-state index contributed by atoms with van der Waals surface area (Å²) in [5.41, 5.74) is 2.16. The van der Waals surface area contributed by atoms with E-state index in [4.69, 9.17) is 16.3 Å². The Bertz CT molecular complexity index is 612. The first kappa shape index (κ1) is 14.3. The van der Waals surface area contributed by atoms with Gasteiger partial charge in [0.2, 0.25) is 0 Å². The summed E-state index contributed by atoms with van der Waals surface area (Å²) in [7, 11) is 0. The molecule has 0 saturated carbocycles. The van der Waals surface area contributed by atoms with Crippen molar-refractivity contribution in [3.63, 3.8) is 0 Å². The summed E-state index contributed by atoms with van der Waals surface area (Å²) in [6.07, 6.45) is 1.47. The van der Waals surface area contributed by atoms with Crippen molar-refractivity contribution in [1.82, 2.24) is 4.98 Å². The van der Waals surface area contributed by atoms with Gasteiger partial charge in [-0.05, 0) is 37.6 Å². The van der Waals surface area contributed by atoms with Crippen LogP contribution in [-0.2, 0) is 4.79 Å². The molecule has 1 N–H and O–H groups in total. The lowest BCUT2D eigenvalue weighted by Gasteiger charge is -2.09. The Morgan fingerprint density at radius 1 is 1.30 bits per heavy atom. The fourth-order valence-electron chi connectivity index (χ4n) is 1.73. The molecule has 0 bridgehead atoms. The van der Waals surface area contributed by atoms with Crippen LogP contribution in [0.3, 0.4) is 0 Å². The van der Waals surface area contributed by atoms with E-state index >= 15 is 0 Å². The van der Waals surface area contributed by atoms with Gasteiger partial charge in [0.15, 0.2) is 6.61 Å². The second-order valence-corrected chi connectivity index (χ2v) is 4.90. The fourth-order valence-corrected chi connectivity index (χ4v) is 1.85. The number of rotatable bonds is 4. The molecule has 0 saturated heterocycles. The number of nitrogens with one attached hydrogen (secondary N) is 1. The number of hydrogen-bond acceptors (Lipinski definition) is 3. The van der Waals surface area contributed by atoms with Crippen molar-refractivity contribution in [2.75, 3.05) is 11.9 Å². The number of ether oxygens (including phenoxy) is 1. The van der Waals surface area contributed by atoms with E-state index in [0.29, 0.717) is 16.6 Å². The molecule has 2 aromatic rings. The number of benzene rings is 1. The van der Waals surface area contributed by atoms with Gasteiger partial charge in [-0.3, -0.25) is 4.79 Å². The van der Waals surface area contributed by atoms with Crippen molar-refractivity contribution in [3.8, 4) is 5.75 Å². The highest BCUT2D eigenvalue weighted by molar-refractivity contribution is 6.30. The first-order valence-corrected chi connectivity index (χ1v) is 6.54. The Hall–Kier alpha value is -2.07. The molecule has 4 nitrogen and oxygen atoms in total. The molecule has 0 aliphatic rings. The summed E-state index contributed by atoms with van der Waals surface area (Å²) >= 11 is 5.72. The number of halogens is 1. The summed E-state index contributed by atoms with van der Waals surface area (Å²) in [6, 6.07) is 9.11. The fraction of sp³-hybridized carbons (Fsp3) is 0.200. The average Bonchev–Trinajstić information content (AvgIpc) is 2.40. The van der Waals surface area contributed by atoms with Crippen molar-refractivity contribution >= 4 is 23.3 Å². The van der Waals surface area contributed by atoms with Crippen LogP contribution >= 0.6 is 11.6 Å². The molecule has 0 radical (unpaired) electrons. The Morgan fingerprint density at radius 3 is 2.75 bits per heavy atom. The molecule has 0 fully saturated rings. The van der Waals surface area contributed by atoms with Crippen molar-refractivity contribution in [2.24, 2.45) is 0 Å². The zero-order valence-electron chi connectivity index (χ0n) is 11.3. The normalized spacial score (nSPS) is 10.2. The number of carbonyl (C=O) groups excluding carboxylic acids is 1. The molecule has 20 heavy (non-hydrogen) atoms. The molecule has 0 atom stereocenters. The summed E-state index contributed by atoms with van der Waals surface area (Å²) < 4.78 is 5.48. The van der Waals surface area contributed by atoms with E-state index in [2.05, 4.69) is 10.3 Å². The minimum Gasteiger partial charge on any atom is -0.483 e. The van der Waals surface area contributed by atoms with Gasteiger partial charge in [-0.1, -0.05) is 29.3 Å². The van der Waals surface area contributed by atoms with Gasteiger partial charge in [0.25, 0.3) is 5.91 Å². The highest BCUT2D eigenvalue weighted by atomic mass is 35.5. The summed E-state index contributed by atoms with van der Waals surface area (Å²) in [6.45, 7) is 3.89. The molecular formula is C15H15ClN2O2. The Labute approximate surface area is 122 Å². The summed E-state index contributed by atoms with van der Waals surface area (Å²) in [5, 5.41) is 3.16. The third-order valence-corrected chi connectivity index (χ3v) is 2.91. The van der Waals surface area contributed by atoms with E-state index in [1.807, 2.05) is 32.0 Å². The average molecular weight is 291 g/mol. The second kappa shape index (κ2) is 6.39. The largest absolute Gasteiger partial charge is 0.483 e. The molecule has 1 aromatic carbocycles. The maximum absolute atomic E-state index is 11.7. The highest BCUT2D eigenvalue weighted by Crippen LogP contribution is 2.18. The standard InChI is InChI=1S/C15H15ClN2O2/c1-10-3-5-13(11(2)7-10)20-9-15(19)18-14-6-4-12(16)8-17-14/h3-8H,9H2,1-2H3,(H,17,18,19). The third kappa shape index (κ3) is 3.96. The molecule has 0 aliphatic heterocycles. The maximum Gasteiger partial charge on any atom is 0.263 e. The number of aryl methyl sites for hydroxylation is 2. The lowest BCUT2D eigenvalue weighted by Crippen LogP contribution is -2.20. The predicted octanol–water partition coefficient (Wildman–Crippen LogP) is 3.37. The molecule has 104 valence electrons. The van der Waals surface area contributed by atoms with Crippen molar-refractivity contribution in [1.29, 1.82) is 0 Å².